The third-order valence-electron chi connectivity index (χ3n) is 1.41. The van der Waals surface area contributed by atoms with E-state index in [1.807, 2.05) is 0 Å². The van der Waals surface area contributed by atoms with Gasteiger partial charge >= 0.3 is 0 Å². The molecular formula is C9H14O2. The maximum Gasteiger partial charge on any atom is 0.158 e. The molecule has 0 saturated carbocycles. The van der Waals surface area contributed by atoms with Crippen LogP contribution in [0.4, 0.5) is 0 Å². The Kier molecular flexibility index (Phi) is 4.42. The normalized spacial score (nSPS) is 13.4. The second-order valence-corrected chi connectivity index (χ2v) is 2.71. The van der Waals surface area contributed by atoms with E-state index in [2.05, 4.69) is 0 Å². The van der Waals surface area contributed by atoms with Crippen molar-refractivity contribution >= 4 is 11.6 Å². The van der Waals surface area contributed by atoms with Crippen LogP contribution in [-0.4, -0.2) is 11.6 Å². The van der Waals surface area contributed by atoms with Gasteiger partial charge in [-0.2, -0.15) is 0 Å². The molecular weight excluding hydrogens is 140 g/mol. The molecule has 0 aliphatic carbocycles. The van der Waals surface area contributed by atoms with Crippen molar-refractivity contribution in [2.75, 3.05) is 0 Å². The van der Waals surface area contributed by atoms with Crippen LogP contribution in [0.3, 0.4) is 0 Å². The summed E-state index contributed by atoms with van der Waals surface area (Å²) >= 11 is 0. The first kappa shape index (κ1) is 10.1. The molecule has 0 rings (SSSR count). The Morgan fingerprint density at radius 2 is 2.00 bits per heavy atom. The summed E-state index contributed by atoms with van der Waals surface area (Å²) in [5, 5.41) is 0. The minimum absolute atomic E-state index is 0.0303. The number of ketones is 2. The molecule has 62 valence electrons. The van der Waals surface area contributed by atoms with Crippen LogP contribution < -0.4 is 0 Å². The Morgan fingerprint density at radius 3 is 2.36 bits per heavy atom. The molecule has 0 heterocycles. The number of hydrogen-bond acceptors (Lipinski definition) is 2. The van der Waals surface area contributed by atoms with E-state index in [0.717, 1.165) is 0 Å². The van der Waals surface area contributed by atoms with Gasteiger partial charge in [-0.15, -0.1) is 0 Å². The van der Waals surface area contributed by atoms with Crippen LogP contribution in [0.1, 0.15) is 27.2 Å². The van der Waals surface area contributed by atoms with Crippen molar-refractivity contribution < 1.29 is 9.59 Å². The minimum Gasteiger partial charge on any atom is -0.300 e. The predicted molar refractivity (Wildman–Crippen MR) is 44.3 cm³/mol. The molecule has 0 spiro atoms. The lowest BCUT2D eigenvalue weighted by Crippen LogP contribution is -2.11. The van der Waals surface area contributed by atoms with Crippen molar-refractivity contribution in [3.8, 4) is 0 Å². The van der Waals surface area contributed by atoms with Gasteiger partial charge in [0.05, 0.1) is 0 Å². The summed E-state index contributed by atoms with van der Waals surface area (Å²) < 4.78 is 0. The van der Waals surface area contributed by atoms with Gasteiger partial charge in [-0.3, -0.25) is 4.79 Å². The van der Waals surface area contributed by atoms with Gasteiger partial charge in [0.15, 0.2) is 5.78 Å². The third kappa shape index (κ3) is 4.48. The molecule has 1 atom stereocenters. The zero-order valence-corrected chi connectivity index (χ0v) is 7.26. The Labute approximate surface area is 67.3 Å². The standard InChI is InChI=1S/C9H14O2/c1-4-5-9(11)7(2)6-8(3)10/h4-5,7H,6H2,1-3H3/b5-4+. The first-order valence-corrected chi connectivity index (χ1v) is 3.74. The lowest BCUT2D eigenvalue weighted by atomic mass is 10.0. The van der Waals surface area contributed by atoms with Crippen molar-refractivity contribution in [1.82, 2.24) is 0 Å². The smallest absolute Gasteiger partial charge is 0.158 e. The molecule has 0 amide bonds. The summed E-state index contributed by atoms with van der Waals surface area (Å²) in [7, 11) is 0. The Balaban J connectivity index is 3.92. The van der Waals surface area contributed by atoms with Gasteiger partial charge in [0.2, 0.25) is 0 Å². The minimum atomic E-state index is -0.163. The molecule has 0 fully saturated rings. The molecule has 0 saturated heterocycles. The molecule has 0 N–H and O–H groups in total. The highest BCUT2D eigenvalue weighted by atomic mass is 16.1. The highest BCUT2D eigenvalue weighted by Crippen LogP contribution is 2.04. The van der Waals surface area contributed by atoms with E-state index >= 15 is 0 Å². The summed E-state index contributed by atoms with van der Waals surface area (Å²) in [6.45, 7) is 5.06. The highest BCUT2D eigenvalue weighted by Gasteiger charge is 2.10. The molecule has 1 unspecified atom stereocenters. The summed E-state index contributed by atoms with van der Waals surface area (Å²) in [6, 6.07) is 0. The van der Waals surface area contributed by atoms with Gasteiger partial charge in [-0.1, -0.05) is 13.0 Å². The molecule has 0 aromatic heterocycles. The SMILES string of the molecule is C/C=C/C(=O)C(C)CC(C)=O. The number of allylic oxidation sites excluding steroid dienone is 2. The maximum absolute atomic E-state index is 11.0. The van der Waals surface area contributed by atoms with E-state index in [1.165, 1.54) is 13.0 Å². The second kappa shape index (κ2) is 4.83. The van der Waals surface area contributed by atoms with Crippen LogP contribution in [0.5, 0.6) is 0 Å². The summed E-state index contributed by atoms with van der Waals surface area (Å²) in [5.74, 6) is -0.0678. The van der Waals surface area contributed by atoms with Crippen molar-refractivity contribution in [2.45, 2.75) is 27.2 Å². The largest absolute Gasteiger partial charge is 0.300 e. The fraction of sp³-hybridized carbons (Fsp3) is 0.556. The Bertz CT molecular complexity index is 180. The van der Waals surface area contributed by atoms with Crippen molar-refractivity contribution in [1.29, 1.82) is 0 Å². The summed E-state index contributed by atoms with van der Waals surface area (Å²) in [5.41, 5.74) is 0. The van der Waals surface area contributed by atoms with E-state index < -0.39 is 0 Å². The fourth-order valence-electron chi connectivity index (χ4n) is 0.860. The van der Waals surface area contributed by atoms with E-state index in [1.54, 1.807) is 19.9 Å². The average molecular weight is 154 g/mol. The molecule has 11 heavy (non-hydrogen) atoms. The van der Waals surface area contributed by atoms with Gasteiger partial charge in [0, 0.05) is 12.3 Å². The fourth-order valence-corrected chi connectivity index (χ4v) is 0.860. The van der Waals surface area contributed by atoms with E-state index in [4.69, 9.17) is 0 Å². The van der Waals surface area contributed by atoms with Gasteiger partial charge in [0.25, 0.3) is 0 Å². The molecule has 2 heteroatoms. The zero-order valence-electron chi connectivity index (χ0n) is 7.26. The van der Waals surface area contributed by atoms with Crippen LogP contribution in [0.2, 0.25) is 0 Å². The topological polar surface area (TPSA) is 34.1 Å². The van der Waals surface area contributed by atoms with Crippen LogP contribution in [0.15, 0.2) is 12.2 Å². The second-order valence-electron chi connectivity index (χ2n) is 2.71. The first-order chi connectivity index (χ1) is 5.07. The van der Waals surface area contributed by atoms with Gasteiger partial charge in [-0.25, -0.2) is 0 Å². The Morgan fingerprint density at radius 1 is 1.45 bits per heavy atom. The number of Topliss-reactive ketones (excluding diaryl/α,β-unsaturated/α-hetero) is 1. The van der Waals surface area contributed by atoms with Gasteiger partial charge in [-0.05, 0) is 19.9 Å². The van der Waals surface area contributed by atoms with Crippen molar-refractivity contribution in [2.24, 2.45) is 5.92 Å². The van der Waals surface area contributed by atoms with Gasteiger partial charge < -0.3 is 4.79 Å². The monoisotopic (exact) mass is 154 g/mol. The van der Waals surface area contributed by atoms with Crippen LogP contribution in [-0.2, 0) is 9.59 Å². The average Bonchev–Trinajstić information content (AvgIpc) is 1.86. The predicted octanol–water partition coefficient (Wildman–Crippen LogP) is 1.75. The van der Waals surface area contributed by atoms with Crippen molar-refractivity contribution in [3.05, 3.63) is 12.2 Å². The molecule has 0 aliphatic rings. The Hall–Kier alpha value is -0.920. The number of hydrogen-bond donors (Lipinski definition) is 0. The molecule has 0 radical (unpaired) electrons. The molecule has 0 aromatic rings. The third-order valence-corrected chi connectivity index (χ3v) is 1.41. The molecule has 0 aliphatic heterocycles. The summed E-state index contributed by atoms with van der Waals surface area (Å²) in [6.07, 6.45) is 3.55. The lowest BCUT2D eigenvalue weighted by molar-refractivity contribution is -0.123. The van der Waals surface area contributed by atoms with Crippen LogP contribution in [0.25, 0.3) is 0 Å². The summed E-state index contributed by atoms with van der Waals surface area (Å²) in [4.78, 5) is 21.6. The van der Waals surface area contributed by atoms with Gasteiger partial charge in [0.1, 0.15) is 5.78 Å². The van der Waals surface area contributed by atoms with E-state index in [9.17, 15) is 9.59 Å². The van der Waals surface area contributed by atoms with Crippen molar-refractivity contribution in [3.63, 3.8) is 0 Å². The maximum atomic E-state index is 11.0. The van der Waals surface area contributed by atoms with E-state index in [0.29, 0.717) is 6.42 Å². The number of carbonyl (C=O) groups excluding carboxylic acids is 2. The number of carbonyl (C=O) groups is 2. The van der Waals surface area contributed by atoms with Crippen LogP contribution in [0, 0.1) is 5.92 Å². The number of rotatable bonds is 4. The highest BCUT2D eigenvalue weighted by molar-refractivity contribution is 5.94. The first-order valence-electron chi connectivity index (χ1n) is 3.74. The zero-order chi connectivity index (χ0) is 8.85. The molecule has 0 bridgehead atoms. The molecule has 0 aromatic carbocycles. The lowest BCUT2D eigenvalue weighted by Gasteiger charge is -2.02. The van der Waals surface area contributed by atoms with Crippen LogP contribution >= 0.6 is 0 Å². The van der Waals surface area contributed by atoms with E-state index in [-0.39, 0.29) is 17.5 Å². The quantitative estimate of drug-likeness (QED) is 0.578. The molecule has 2 nitrogen and oxygen atoms in total.